The average molecular weight is 548 g/mol. The van der Waals surface area contributed by atoms with Gasteiger partial charge >= 0.3 is 0 Å². The fraction of sp³-hybridized carbons (Fsp3) is 0.519. The molecular weight excluding hydrogens is 513 g/mol. The molecule has 11 heteroatoms. The summed E-state index contributed by atoms with van der Waals surface area (Å²) in [7, 11) is -3.91. The van der Waals surface area contributed by atoms with Gasteiger partial charge in [0.1, 0.15) is 23.8 Å². The van der Waals surface area contributed by atoms with Crippen LogP contribution in [0.1, 0.15) is 43.6 Å². The Bertz CT molecular complexity index is 1240. The standard InChI is InChI=1S/C27H34FN3O6S/c28-18-4-7-21(8-5-18)38(34,35)30-19-6-9-24-22(14-19)23-15-20(36-25(17-32)27(23)37-24)16-26(33)29-10-13-31-11-2-1-3-12-31/h4-9,14,20,23,25,27,30,32H,1-3,10-13,15-17H2,(H,29,33)/t20-,23-,25-,27+/m0/s1. The molecule has 0 bridgehead atoms. The Kier molecular flexibility index (Phi) is 8.18. The third-order valence-corrected chi connectivity index (χ3v) is 8.88. The average Bonchev–Trinajstić information content (AvgIpc) is 3.27. The summed E-state index contributed by atoms with van der Waals surface area (Å²) < 4.78 is 53.5. The minimum Gasteiger partial charge on any atom is -0.487 e. The van der Waals surface area contributed by atoms with Gasteiger partial charge in [0.2, 0.25) is 5.91 Å². The number of fused-ring (bicyclic) bond motifs is 3. The number of nitrogens with zero attached hydrogens (tertiary/aromatic N) is 1. The normalized spacial score (nSPS) is 25.2. The Morgan fingerprint density at radius 1 is 1.11 bits per heavy atom. The molecule has 206 valence electrons. The molecular formula is C27H34FN3O6S. The van der Waals surface area contributed by atoms with Gasteiger partial charge in [-0.15, -0.1) is 0 Å². The zero-order valence-corrected chi connectivity index (χ0v) is 22.0. The minimum absolute atomic E-state index is 0.0497. The van der Waals surface area contributed by atoms with Crippen LogP contribution < -0.4 is 14.8 Å². The van der Waals surface area contributed by atoms with Gasteiger partial charge in [0, 0.05) is 30.3 Å². The summed E-state index contributed by atoms with van der Waals surface area (Å²) in [5.41, 5.74) is 1.14. The van der Waals surface area contributed by atoms with Crippen molar-refractivity contribution in [2.24, 2.45) is 0 Å². The number of hydrogen-bond donors (Lipinski definition) is 3. The first-order valence-corrected chi connectivity index (χ1v) is 14.6. The molecule has 0 aromatic heterocycles. The van der Waals surface area contributed by atoms with Crippen molar-refractivity contribution in [2.75, 3.05) is 37.5 Å². The number of carbonyl (C=O) groups is 1. The Labute approximate surface area is 222 Å². The summed E-state index contributed by atoms with van der Waals surface area (Å²) in [4.78, 5) is 15.0. The molecule has 38 heavy (non-hydrogen) atoms. The van der Waals surface area contributed by atoms with Crippen LogP contribution in [0.3, 0.4) is 0 Å². The molecule has 3 aliphatic rings. The number of amides is 1. The number of halogens is 1. The second kappa shape index (κ2) is 11.6. The van der Waals surface area contributed by atoms with E-state index in [9.17, 15) is 22.7 Å². The van der Waals surface area contributed by atoms with Gasteiger partial charge < -0.3 is 24.8 Å². The van der Waals surface area contributed by atoms with E-state index in [4.69, 9.17) is 9.47 Å². The van der Waals surface area contributed by atoms with Crippen molar-refractivity contribution in [2.45, 2.75) is 61.2 Å². The van der Waals surface area contributed by atoms with E-state index in [-0.39, 0.29) is 29.7 Å². The van der Waals surface area contributed by atoms with Gasteiger partial charge in [0.25, 0.3) is 10.0 Å². The van der Waals surface area contributed by atoms with Crippen LogP contribution in [0, 0.1) is 5.82 Å². The van der Waals surface area contributed by atoms with Crippen molar-refractivity contribution in [3.63, 3.8) is 0 Å². The Morgan fingerprint density at radius 3 is 2.61 bits per heavy atom. The van der Waals surface area contributed by atoms with Crippen molar-refractivity contribution in [1.82, 2.24) is 10.2 Å². The van der Waals surface area contributed by atoms with Crippen molar-refractivity contribution in [3.05, 3.63) is 53.8 Å². The molecule has 3 heterocycles. The maximum Gasteiger partial charge on any atom is 0.261 e. The van der Waals surface area contributed by atoms with Gasteiger partial charge in [-0.05, 0) is 74.8 Å². The minimum atomic E-state index is -3.91. The molecule has 2 saturated heterocycles. The molecule has 0 spiro atoms. The SMILES string of the molecule is O=C(C[C@@H]1C[C@H]2c3cc(NS(=O)(=O)c4ccc(F)cc4)ccc3O[C@H]2[C@H](CO)O1)NCCN1CCCCC1. The highest BCUT2D eigenvalue weighted by Crippen LogP contribution is 2.47. The molecule has 0 unspecified atom stereocenters. The van der Waals surface area contributed by atoms with Crippen LogP contribution in [0.2, 0.25) is 0 Å². The number of piperidine rings is 1. The zero-order chi connectivity index (χ0) is 26.7. The van der Waals surface area contributed by atoms with Crippen LogP contribution in [0.25, 0.3) is 0 Å². The number of likely N-dealkylation sites (tertiary alicyclic amines) is 1. The lowest BCUT2D eigenvalue weighted by Crippen LogP contribution is -2.47. The van der Waals surface area contributed by atoms with Crippen molar-refractivity contribution < 1.29 is 32.2 Å². The van der Waals surface area contributed by atoms with Crippen LogP contribution >= 0.6 is 0 Å². The van der Waals surface area contributed by atoms with E-state index in [0.717, 1.165) is 37.3 Å². The number of anilines is 1. The fourth-order valence-corrected chi connectivity index (χ4v) is 6.65. The topological polar surface area (TPSA) is 117 Å². The predicted molar refractivity (Wildman–Crippen MR) is 139 cm³/mol. The largest absolute Gasteiger partial charge is 0.487 e. The quantitative estimate of drug-likeness (QED) is 0.442. The van der Waals surface area contributed by atoms with Crippen molar-refractivity contribution in [3.8, 4) is 5.75 Å². The maximum absolute atomic E-state index is 13.2. The number of benzene rings is 2. The Balaban J connectivity index is 1.23. The van der Waals surface area contributed by atoms with Crippen LogP contribution in [-0.4, -0.2) is 75.4 Å². The second-order valence-corrected chi connectivity index (χ2v) is 11.9. The molecule has 4 atom stereocenters. The highest BCUT2D eigenvalue weighted by Gasteiger charge is 2.46. The van der Waals surface area contributed by atoms with Crippen molar-refractivity contribution >= 4 is 21.6 Å². The summed E-state index contributed by atoms with van der Waals surface area (Å²) >= 11 is 0. The van der Waals surface area contributed by atoms with Gasteiger partial charge in [-0.3, -0.25) is 9.52 Å². The summed E-state index contributed by atoms with van der Waals surface area (Å²) in [5.74, 6) is -0.189. The summed E-state index contributed by atoms with van der Waals surface area (Å²) in [5, 5.41) is 13.0. The number of aliphatic hydroxyl groups excluding tert-OH is 1. The van der Waals surface area contributed by atoms with E-state index in [1.165, 1.54) is 31.4 Å². The summed E-state index contributed by atoms with van der Waals surface area (Å²) in [6, 6.07) is 9.60. The number of ether oxygens (including phenoxy) is 2. The van der Waals surface area contributed by atoms with Gasteiger partial charge in [-0.2, -0.15) is 0 Å². The van der Waals surface area contributed by atoms with Crippen LogP contribution in [0.15, 0.2) is 47.4 Å². The maximum atomic E-state index is 13.2. The number of hydrogen-bond acceptors (Lipinski definition) is 7. The number of aliphatic hydroxyl groups is 1. The molecule has 0 aliphatic carbocycles. The number of carbonyl (C=O) groups excluding carboxylic acids is 1. The Hall–Kier alpha value is -2.73. The molecule has 3 N–H and O–H groups in total. The zero-order valence-electron chi connectivity index (χ0n) is 21.1. The van der Waals surface area contributed by atoms with Crippen LogP contribution in [0.4, 0.5) is 10.1 Å². The van der Waals surface area contributed by atoms with E-state index >= 15 is 0 Å². The molecule has 2 aromatic carbocycles. The molecule has 5 rings (SSSR count). The van der Waals surface area contributed by atoms with Gasteiger partial charge in [0.15, 0.2) is 0 Å². The third-order valence-electron chi connectivity index (χ3n) is 7.49. The van der Waals surface area contributed by atoms with E-state index < -0.39 is 34.2 Å². The van der Waals surface area contributed by atoms with Crippen molar-refractivity contribution in [1.29, 1.82) is 0 Å². The third kappa shape index (κ3) is 6.12. The first-order chi connectivity index (χ1) is 18.3. The fourth-order valence-electron chi connectivity index (χ4n) is 5.60. The lowest BCUT2D eigenvalue weighted by molar-refractivity contribution is -0.142. The molecule has 3 aliphatic heterocycles. The smallest absolute Gasteiger partial charge is 0.261 e. The first-order valence-electron chi connectivity index (χ1n) is 13.2. The van der Waals surface area contributed by atoms with E-state index in [1.807, 2.05) is 0 Å². The summed E-state index contributed by atoms with van der Waals surface area (Å²) in [6.45, 7) is 3.31. The molecule has 9 nitrogen and oxygen atoms in total. The summed E-state index contributed by atoms with van der Waals surface area (Å²) in [6.07, 6.45) is 2.90. The predicted octanol–water partition coefficient (Wildman–Crippen LogP) is 2.61. The highest BCUT2D eigenvalue weighted by molar-refractivity contribution is 7.92. The molecule has 2 fully saturated rings. The van der Waals surface area contributed by atoms with E-state index in [0.29, 0.717) is 24.4 Å². The van der Waals surface area contributed by atoms with E-state index in [2.05, 4.69) is 14.9 Å². The molecule has 1 amide bonds. The monoisotopic (exact) mass is 547 g/mol. The van der Waals surface area contributed by atoms with Crippen LogP contribution in [0.5, 0.6) is 5.75 Å². The Morgan fingerprint density at radius 2 is 1.87 bits per heavy atom. The molecule has 2 aromatic rings. The van der Waals surface area contributed by atoms with Gasteiger partial charge in [0.05, 0.1) is 24.0 Å². The first kappa shape index (κ1) is 26.9. The molecule has 0 saturated carbocycles. The second-order valence-electron chi connectivity index (χ2n) is 10.2. The highest BCUT2D eigenvalue weighted by atomic mass is 32.2. The number of nitrogens with one attached hydrogen (secondary N) is 2. The lowest BCUT2D eigenvalue weighted by atomic mass is 9.84. The lowest BCUT2D eigenvalue weighted by Gasteiger charge is -2.37. The van der Waals surface area contributed by atoms with Crippen LogP contribution in [-0.2, 0) is 19.6 Å². The number of sulfonamides is 1. The van der Waals surface area contributed by atoms with Gasteiger partial charge in [-0.25, -0.2) is 12.8 Å². The van der Waals surface area contributed by atoms with Gasteiger partial charge in [-0.1, -0.05) is 6.42 Å². The van der Waals surface area contributed by atoms with E-state index in [1.54, 1.807) is 18.2 Å². The molecule has 0 radical (unpaired) electrons. The number of rotatable bonds is 9.